The predicted octanol–water partition coefficient (Wildman–Crippen LogP) is 5.22. The number of thioether (sulfide) groups is 1. The van der Waals surface area contributed by atoms with Gasteiger partial charge < -0.3 is 10.1 Å². The van der Waals surface area contributed by atoms with Crippen LogP contribution in [-0.4, -0.2) is 18.8 Å². The molecule has 0 heterocycles. The summed E-state index contributed by atoms with van der Waals surface area (Å²) in [6.07, 6.45) is 1.47. The maximum atomic E-state index is 12.4. The second-order valence-electron chi connectivity index (χ2n) is 6.81. The molecule has 0 aliphatic carbocycles. The lowest BCUT2D eigenvalue weighted by Crippen LogP contribution is -2.29. The van der Waals surface area contributed by atoms with E-state index in [9.17, 15) is 4.79 Å². The molecular weight excluding hydrogens is 342 g/mol. The number of hydrogen-bond donors (Lipinski definition) is 1. The monoisotopic (exact) mass is 371 g/mol. The van der Waals surface area contributed by atoms with Crippen LogP contribution < -0.4 is 10.1 Å². The van der Waals surface area contributed by atoms with Crippen molar-refractivity contribution in [3.8, 4) is 5.75 Å². The highest BCUT2D eigenvalue weighted by Gasteiger charge is 2.16. The van der Waals surface area contributed by atoms with E-state index in [0.717, 1.165) is 29.2 Å². The normalized spacial score (nSPS) is 12.0. The van der Waals surface area contributed by atoms with E-state index in [1.54, 1.807) is 18.9 Å². The average Bonchev–Trinajstić information content (AvgIpc) is 2.65. The average molecular weight is 372 g/mol. The summed E-state index contributed by atoms with van der Waals surface area (Å²) in [5.41, 5.74) is 2.43. The topological polar surface area (TPSA) is 38.3 Å². The number of benzene rings is 2. The van der Waals surface area contributed by atoms with Crippen molar-refractivity contribution in [3.05, 3.63) is 65.7 Å². The van der Waals surface area contributed by atoms with Crippen molar-refractivity contribution < 1.29 is 9.53 Å². The highest BCUT2D eigenvalue weighted by molar-refractivity contribution is 7.98. The summed E-state index contributed by atoms with van der Waals surface area (Å²) < 4.78 is 5.22. The first-order chi connectivity index (χ1) is 12.6. The van der Waals surface area contributed by atoms with E-state index >= 15 is 0 Å². The minimum Gasteiger partial charge on any atom is -0.497 e. The van der Waals surface area contributed by atoms with Gasteiger partial charge in [0, 0.05) is 17.9 Å². The van der Waals surface area contributed by atoms with Gasteiger partial charge in [-0.2, -0.15) is 11.8 Å². The molecule has 2 rings (SSSR count). The number of rotatable bonds is 10. The Morgan fingerprint density at radius 1 is 1.08 bits per heavy atom. The van der Waals surface area contributed by atoms with Crippen molar-refractivity contribution in [1.82, 2.24) is 5.32 Å². The Hall–Kier alpha value is -1.94. The Labute approximate surface area is 161 Å². The molecule has 2 aromatic carbocycles. The molecule has 0 saturated heterocycles. The van der Waals surface area contributed by atoms with Gasteiger partial charge in [0.1, 0.15) is 5.75 Å². The maximum absolute atomic E-state index is 12.4. The Bertz CT molecular complexity index is 656. The summed E-state index contributed by atoms with van der Waals surface area (Å²) in [5.74, 6) is 3.24. The van der Waals surface area contributed by atoms with Crippen molar-refractivity contribution in [3.63, 3.8) is 0 Å². The van der Waals surface area contributed by atoms with E-state index in [-0.39, 0.29) is 11.9 Å². The Kier molecular flexibility index (Phi) is 8.56. The second-order valence-corrected chi connectivity index (χ2v) is 7.92. The summed E-state index contributed by atoms with van der Waals surface area (Å²) in [6, 6.07) is 18.4. The fourth-order valence-electron chi connectivity index (χ4n) is 2.78. The van der Waals surface area contributed by atoms with Crippen molar-refractivity contribution in [1.29, 1.82) is 0 Å². The van der Waals surface area contributed by atoms with Gasteiger partial charge in [0.15, 0.2) is 0 Å². The first kappa shape index (κ1) is 20.4. The number of carbonyl (C=O) groups excluding carboxylic acids is 1. The molecule has 0 aliphatic heterocycles. The van der Waals surface area contributed by atoms with Gasteiger partial charge >= 0.3 is 0 Å². The van der Waals surface area contributed by atoms with Gasteiger partial charge in [-0.3, -0.25) is 4.79 Å². The van der Waals surface area contributed by atoms with Gasteiger partial charge in [0.05, 0.1) is 13.2 Å². The largest absolute Gasteiger partial charge is 0.497 e. The SMILES string of the molecule is COc1ccc([C@H](CC(C)C)NC(=O)CCSCc2ccccc2)cc1. The molecule has 0 unspecified atom stereocenters. The van der Waals surface area contributed by atoms with E-state index in [0.29, 0.717) is 12.3 Å². The smallest absolute Gasteiger partial charge is 0.221 e. The number of ether oxygens (including phenoxy) is 1. The molecule has 0 bridgehead atoms. The van der Waals surface area contributed by atoms with Gasteiger partial charge in [-0.25, -0.2) is 0 Å². The van der Waals surface area contributed by atoms with E-state index in [4.69, 9.17) is 4.74 Å². The number of methoxy groups -OCH3 is 1. The molecule has 0 spiro atoms. The van der Waals surface area contributed by atoms with Crippen LogP contribution in [0.1, 0.15) is 43.9 Å². The zero-order chi connectivity index (χ0) is 18.8. The third-order valence-corrected chi connectivity index (χ3v) is 5.18. The quantitative estimate of drug-likeness (QED) is 0.582. The summed E-state index contributed by atoms with van der Waals surface area (Å²) in [5, 5.41) is 3.21. The summed E-state index contributed by atoms with van der Waals surface area (Å²) in [4.78, 5) is 12.4. The fraction of sp³-hybridized carbons (Fsp3) is 0.409. The zero-order valence-electron chi connectivity index (χ0n) is 15.9. The van der Waals surface area contributed by atoms with Crippen LogP contribution in [0.25, 0.3) is 0 Å². The van der Waals surface area contributed by atoms with Crippen LogP contribution in [0.5, 0.6) is 5.75 Å². The summed E-state index contributed by atoms with van der Waals surface area (Å²) >= 11 is 1.80. The molecular formula is C22H29NO2S. The predicted molar refractivity (Wildman–Crippen MR) is 111 cm³/mol. The highest BCUT2D eigenvalue weighted by Crippen LogP contribution is 2.24. The molecule has 1 amide bonds. The lowest BCUT2D eigenvalue weighted by atomic mass is 9.97. The van der Waals surface area contributed by atoms with Gasteiger partial charge in [-0.1, -0.05) is 56.3 Å². The second kappa shape index (κ2) is 10.9. The first-order valence-electron chi connectivity index (χ1n) is 9.13. The molecule has 3 nitrogen and oxygen atoms in total. The standard InChI is InChI=1S/C22H29NO2S/c1-17(2)15-21(19-9-11-20(25-3)12-10-19)23-22(24)13-14-26-16-18-7-5-4-6-8-18/h4-12,17,21H,13-16H2,1-3H3,(H,23,24)/t21-/m0/s1. The molecule has 0 aromatic heterocycles. The molecule has 0 saturated carbocycles. The minimum absolute atomic E-state index is 0.0486. The number of nitrogens with one attached hydrogen (secondary N) is 1. The molecule has 0 fully saturated rings. The Morgan fingerprint density at radius 2 is 1.77 bits per heavy atom. The van der Waals surface area contributed by atoms with E-state index in [1.807, 2.05) is 42.5 Å². The minimum atomic E-state index is 0.0486. The third-order valence-electron chi connectivity index (χ3n) is 4.15. The third kappa shape index (κ3) is 7.12. The zero-order valence-corrected chi connectivity index (χ0v) is 16.7. The highest BCUT2D eigenvalue weighted by atomic mass is 32.2. The van der Waals surface area contributed by atoms with Crippen molar-refractivity contribution >= 4 is 17.7 Å². The molecule has 4 heteroatoms. The molecule has 1 N–H and O–H groups in total. The molecule has 26 heavy (non-hydrogen) atoms. The molecule has 1 atom stereocenters. The maximum Gasteiger partial charge on any atom is 0.221 e. The van der Waals surface area contributed by atoms with Crippen molar-refractivity contribution in [2.45, 2.75) is 38.5 Å². The van der Waals surface area contributed by atoms with Crippen LogP contribution in [0.4, 0.5) is 0 Å². The van der Waals surface area contributed by atoms with Crippen LogP contribution in [-0.2, 0) is 10.5 Å². The Balaban J connectivity index is 1.83. The van der Waals surface area contributed by atoms with Crippen LogP contribution in [0.15, 0.2) is 54.6 Å². The number of carbonyl (C=O) groups is 1. The van der Waals surface area contributed by atoms with Gasteiger partial charge in [0.2, 0.25) is 5.91 Å². The molecule has 0 aliphatic rings. The first-order valence-corrected chi connectivity index (χ1v) is 10.3. The van der Waals surface area contributed by atoms with E-state index < -0.39 is 0 Å². The number of hydrogen-bond acceptors (Lipinski definition) is 3. The number of amides is 1. The lowest BCUT2D eigenvalue weighted by molar-refractivity contribution is -0.121. The Morgan fingerprint density at radius 3 is 2.38 bits per heavy atom. The summed E-state index contributed by atoms with van der Waals surface area (Å²) in [6.45, 7) is 4.36. The van der Waals surface area contributed by atoms with E-state index in [1.165, 1.54) is 5.56 Å². The molecule has 140 valence electrons. The van der Waals surface area contributed by atoms with Gasteiger partial charge in [-0.15, -0.1) is 0 Å². The van der Waals surface area contributed by atoms with Gasteiger partial charge in [-0.05, 0) is 35.6 Å². The molecule has 0 radical (unpaired) electrons. The van der Waals surface area contributed by atoms with Crippen LogP contribution >= 0.6 is 11.8 Å². The molecule has 2 aromatic rings. The van der Waals surface area contributed by atoms with Crippen molar-refractivity contribution in [2.75, 3.05) is 12.9 Å². The van der Waals surface area contributed by atoms with Crippen LogP contribution in [0.2, 0.25) is 0 Å². The lowest BCUT2D eigenvalue weighted by Gasteiger charge is -2.21. The van der Waals surface area contributed by atoms with Crippen molar-refractivity contribution in [2.24, 2.45) is 5.92 Å². The van der Waals surface area contributed by atoms with Crippen LogP contribution in [0, 0.1) is 5.92 Å². The summed E-state index contributed by atoms with van der Waals surface area (Å²) in [7, 11) is 1.66. The van der Waals surface area contributed by atoms with Crippen LogP contribution in [0.3, 0.4) is 0 Å². The van der Waals surface area contributed by atoms with E-state index in [2.05, 4.69) is 31.3 Å². The fourth-order valence-corrected chi connectivity index (χ4v) is 3.68. The van der Waals surface area contributed by atoms with Gasteiger partial charge in [0.25, 0.3) is 0 Å².